The molecular weight excluding hydrogens is 455 g/mol. The van der Waals surface area contributed by atoms with Crippen LogP contribution in [0.25, 0.3) is 11.7 Å². The number of halogens is 3. The monoisotopic (exact) mass is 471 g/mol. The highest BCUT2D eigenvalue weighted by Gasteiger charge is 2.31. The third kappa shape index (κ3) is 4.27. The number of imide groups is 1. The van der Waals surface area contributed by atoms with Crippen molar-refractivity contribution >= 4 is 41.2 Å². The summed E-state index contributed by atoms with van der Waals surface area (Å²) in [5.74, 6) is -0.827. The van der Waals surface area contributed by atoms with Crippen LogP contribution in [0.4, 0.5) is 29.6 Å². The van der Waals surface area contributed by atoms with Crippen molar-refractivity contribution in [3.8, 4) is 0 Å². The van der Waals surface area contributed by atoms with Crippen LogP contribution in [-0.4, -0.2) is 38.5 Å². The Hall–Kier alpha value is -4.42. The van der Waals surface area contributed by atoms with Crippen molar-refractivity contribution in [2.24, 2.45) is 0 Å². The summed E-state index contributed by atoms with van der Waals surface area (Å²) in [4.78, 5) is 40.3. The number of alkyl halides is 3. The highest BCUT2D eigenvalue weighted by molar-refractivity contribution is 6.14. The summed E-state index contributed by atoms with van der Waals surface area (Å²) in [5.41, 5.74) is -0.500. The molecule has 0 radical (unpaired) electrons. The summed E-state index contributed by atoms with van der Waals surface area (Å²) in [6.45, 7) is 0. The molecule has 5 rings (SSSR count). The molecule has 0 spiro atoms. The SMILES string of the molecule is O=C1NC(=O)/C(=C/c2cnn3c(NC4CC4)cc(NC(=O)c4cccc(C(F)(F)F)c4)nc23)N1. The summed E-state index contributed by atoms with van der Waals surface area (Å²) in [6.07, 6.45) is 0.120. The van der Waals surface area contributed by atoms with Gasteiger partial charge in [0.05, 0.1) is 11.8 Å². The number of carbonyl (C=O) groups excluding carboxylic acids is 3. The van der Waals surface area contributed by atoms with E-state index in [-0.39, 0.29) is 28.8 Å². The second-order valence-corrected chi connectivity index (χ2v) is 7.78. The number of aromatic nitrogens is 3. The average Bonchev–Trinajstić information content (AvgIpc) is 3.42. The molecule has 1 aliphatic heterocycles. The van der Waals surface area contributed by atoms with Gasteiger partial charge in [0.2, 0.25) is 0 Å². The lowest BCUT2D eigenvalue weighted by Crippen LogP contribution is -2.22. The van der Waals surface area contributed by atoms with E-state index in [2.05, 4.69) is 31.3 Å². The minimum absolute atomic E-state index is 0.00296. The number of carbonyl (C=O) groups is 3. The Morgan fingerprint density at radius 1 is 1.18 bits per heavy atom. The Balaban J connectivity index is 1.51. The minimum atomic E-state index is -4.59. The molecule has 3 aromatic rings. The van der Waals surface area contributed by atoms with Gasteiger partial charge < -0.3 is 16.0 Å². The summed E-state index contributed by atoms with van der Waals surface area (Å²) in [5, 5.41) is 14.5. The van der Waals surface area contributed by atoms with E-state index in [0.29, 0.717) is 11.4 Å². The van der Waals surface area contributed by atoms with Crippen LogP contribution in [0, 0.1) is 0 Å². The van der Waals surface area contributed by atoms with Gasteiger partial charge in [-0.05, 0) is 37.1 Å². The second-order valence-electron chi connectivity index (χ2n) is 7.78. The first-order valence-electron chi connectivity index (χ1n) is 10.2. The first-order chi connectivity index (χ1) is 16.2. The van der Waals surface area contributed by atoms with E-state index < -0.39 is 29.6 Å². The Bertz CT molecular complexity index is 1380. The van der Waals surface area contributed by atoms with Crippen LogP contribution in [-0.2, 0) is 11.0 Å². The van der Waals surface area contributed by atoms with Crippen molar-refractivity contribution in [2.45, 2.75) is 25.1 Å². The molecule has 0 atom stereocenters. The molecule has 174 valence electrons. The molecule has 2 aliphatic rings. The number of benzene rings is 1. The molecule has 1 aliphatic carbocycles. The van der Waals surface area contributed by atoms with Gasteiger partial charge in [0.1, 0.15) is 17.3 Å². The highest BCUT2D eigenvalue weighted by Crippen LogP contribution is 2.30. The van der Waals surface area contributed by atoms with Crippen molar-refractivity contribution in [3.63, 3.8) is 0 Å². The first kappa shape index (κ1) is 21.4. The maximum Gasteiger partial charge on any atom is 0.416 e. The van der Waals surface area contributed by atoms with Gasteiger partial charge in [-0.25, -0.2) is 9.78 Å². The highest BCUT2D eigenvalue weighted by atomic mass is 19.4. The fourth-order valence-electron chi connectivity index (χ4n) is 3.35. The van der Waals surface area contributed by atoms with Crippen LogP contribution < -0.4 is 21.3 Å². The number of hydrogen-bond donors (Lipinski definition) is 4. The largest absolute Gasteiger partial charge is 0.416 e. The maximum absolute atomic E-state index is 13.0. The molecule has 2 aromatic heterocycles. The number of urea groups is 1. The molecule has 1 saturated carbocycles. The molecule has 13 heteroatoms. The van der Waals surface area contributed by atoms with Crippen molar-refractivity contribution in [1.82, 2.24) is 25.2 Å². The van der Waals surface area contributed by atoms with Crippen LogP contribution in [0.5, 0.6) is 0 Å². The third-order valence-electron chi connectivity index (χ3n) is 5.14. The molecule has 10 nitrogen and oxygen atoms in total. The molecule has 4 N–H and O–H groups in total. The van der Waals surface area contributed by atoms with Gasteiger partial charge in [0.15, 0.2) is 5.65 Å². The van der Waals surface area contributed by atoms with Gasteiger partial charge in [0.25, 0.3) is 11.8 Å². The fourth-order valence-corrected chi connectivity index (χ4v) is 3.35. The van der Waals surface area contributed by atoms with E-state index in [1.54, 1.807) is 0 Å². The van der Waals surface area contributed by atoms with Crippen LogP contribution in [0.3, 0.4) is 0 Å². The quantitative estimate of drug-likeness (QED) is 0.335. The normalized spacial score (nSPS) is 17.1. The van der Waals surface area contributed by atoms with Gasteiger partial charge in [-0.1, -0.05) is 6.07 Å². The Morgan fingerprint density at radius 3 is 2.65 bits per heavy atom. The molecule has 1 aromatic carbocycles. The van der Waals surface area contributed by atoms with Crippen molar-refractivity contribution < 1.29 is 27.6 Å². The third-order valence-corrected chi connectivity index (χ3v) is 5.14. The Morgan fingerprint density at radius 2 is 1.97 bits per heavy atom. The molecule has 34 heavy (non-hydrogen) atoms. The van der Waals surface area contributed by atoms with E-state index >= 15 is 0 Å². The van der Waals surface area contributed by atoms with Crippen molar-refractivity contribution in [1.29, 1.82) is 0 Å². The number of amides is 4. The summed E-state index contributed by atoms with van der Waals surface area (Å²) < 4.78 is 40.5. The van der Waals surface area contributed by atoms with Gasteiger partial charge >= 0.3 is 12.2 Å². The lowest BCUT2D eigenvalue weighted by atomic mass is 10.1. The van der Waals surface area contributed by atoms with Gasteiger partial charge in [-0.2, -0.15) is 22.8 Å². The number of nitrogens with one attached hydrogen (secondary N) is 4. The number of anilines is 2. The Kier molecular flexibility index (Phi) is 4.96. The fraction of sp³-hybridized carbons (Fsp3) is 0.190. The molecule has 2 fully saturated rings. The van der Waals surface area contributed by atoms with E-state index in [0.717, 1.165) is 31.0 Å². The summed E-state index contributed by atoms with van der Waals surface area (Å²) >= 11 is 0. The predicted octanol–water partition coefficient (Wildman–Crippen LogP) is 2.75. The molecule has 0 unspecified atom stereocenters. The number of fused-ring (bicyclic) bond motifs is 1. The second kappa shape index (κ2) is 7.86. The number of nitrogens with zero attached hydrogens (tertiary/aromatic N) is 3. The zero-order valence-corrected chi connectivity index (χ0v) is 17.2. The molecule has 0 bridgehead atoms. The average molecular weight is 471 g/mol. The lowest BCUT2D eigenvalue weighted by Gasteiger charge is -2.12. The van der Waals surface area contributed by atoms with Gasteiger partial charge in [-0.3, -0.25) is 14.9 Å². The molecular formula is C21H16F3N7O3. The zero-order chi connectivity index (χ0) is 24.0. The topological polar surface area (TPSA) is 130 Å². The molecule has 4 amide bonds. The molecule has 1 saturated heterocycles. The van der Waals surface area contributed by atoms with Crippen LogP contribution >= 0.6 is 0 Å². The van der Waals surface area contributed by atoms with Crippen LogP contribution in [0.2, 0.25) is 0 Å². The smallest absolute Gasteiger partial charge is 0.367 e. The zero-order valence-electron chi connectivity index (χ0n) is 17.2. The lowest BCUT2D eigenvalue weighted by molar-refractivity contribution is -0.137. The summed E-state index contributed by atoms with van der Waals surface area (Å²) in [7, 11) is 0. The van der Waals surface area contributed by atoms with E-state index in [9.17, 15) is 27.6 Å². The number of rotatable bonds is 5. The maximum atomic E-state index is 13.0. The molecule has 3 heterocycles. The number of hydrogen-bond acceptors (Lipinski definition) is 6. The van der Waals surface area contributed by atoms with Crippen molar-refractivity contribution in [3.05, 3.63) is 58.9 Å². The minimum Gasteiger partial charge on any atom is -0.367 e. The van der Waals surface area contributed by atoms with E-state index in [4.69, 9.17) is 0 Å². The van der Waals surface area contributed by atoms with Crippen molar-refractivity contribution in [2.75, 3.05) is 10.6 Å². The Labute approximate surface area is 189 Å². The van der Waals surface area contributed by atoms with E-state index in [1.807, 2.05) is 0 Å². The predicted molar refractivity (Wildman–Crippen MR) is 114 cm³/mol. The summed E-state index contributed by atoms with van der Waals surface area (Å²) in [6, 6.07) is 5.12. The standard InChI is InChI=1S/C21H16F3N7O3/c22-21(23,24)12-3-1-2-10(6-12)18(32)29-15-8-16(26-13-4-5-13)31-17(28-15)11(9-25-31)7-14-19(33)30-20(34)27-14/h1-3,6-9,13,26H,4-5H2,(H,28,29,32)(H2,27,30,33,34)/b14-7-. The first-order valence-corrected chi connectivity index (χ1v) is 10.2. The van der Waals surface area contributed by atoms with Crippen LogP contribution in [0.1, 0.15) is 34.3 Å². The van der Waals surface area contributed by atoms with Gasteiger partial charge in [0, 0.05) is 23.2 Å². The van der Waals surface area contributed by atoms with E-state index in [1.165, 1.54) is 28.9 Å². The van der Waals surface area contributed by atoms with Crippen LogP contribution in [0.15, 0.2) is 42.2 Å². The van der Waals surface area contributed by atoms with Gasteiger partial charge in [-0.15, -0.1) is 0 Å².